The van der Waals surface area contributed by atoms with E-state index in [2.05, 4.69) is 10.5 Å². The van der Waals surface area contributed by atoms with E-state index in [-0.39, 0.29) is 17.1 Å². The van der Waals surface area contributed by atoms with Gasteiger partial charge in [0.1, 0.15) is 17.1 Å². The number of nitrogens with zero attached hydrogens (tertiary/aromatic N) is 1. The molecule has 6 heteroatoms. The summed E-state index contributed by atoms with van der Waals surface area (Å²) in [5.74, 6) is -1.35. The van der Waals surface area contributed by atoms with E-state index in [0.717, 1.165) is 5.56 Å². The number of benzene rings is 2. The number of carboxylic acid groups (broad SMARTS) is 1. The molecule has 4 N–H and O–H groups in total. The van der Waals surface area contributed by atoms with Gasteiger partial charge in [-0.3, -0.25) is 5.43 Å². The maximum Gasteiger partial charge on any atom is 0.339 e. The Morgan fingerprint density at radius 1 is 1.10 bits per heavy atom. The van der Waals surface area contributed by atoms with Crippen molar-refractivity contribution in [1.29, 1.82) is 0 Å². The van der Waals surface area contributed by atoms with Crippen LogP contribution in [-0.4, -0.2) is 27.5 Å². The van der Waals surface area contributed by atoms with E-state index in [1.807, 2.05) is 0 Å². The van der Waals surface area contributed by atoms with Crippen molar-refractivity contribution in [3.63, 3.8) is 0 Å². The number of anilines is 1. The molecule has 0 heterocycles. The minimum Gasteiger partial charge on any atom is -0.508 e. The number of phenolic OH excluding ortho intramolecular Hbond substituents is 1. The lowest BCUT2D eigenvalue weighted by Crippen LogP contribution is -1.98. The molecular weight excluding hydrogens is 260 g/mol. The SMILES string of the molecule is O=C(O)c1cc(NN=Cc2ccc(O)cc2)ccc1O. The minimum atomic E-state index is -1.21. The van der Waals surface area contributed by atoms with E-state index in [9.17, 15) is 9.90 Å². The monoisotopic (exact) mass is 272 g/mol. The first kappa shape index (κ1) is 13.4. The van der Waals surface area contributed by atoms with E-state index in [1.54, 1.807) is 12.1 Å². The molecule has 20 heavy (non-hydrogen) atoms. The van der Waals surface area contributed by atoms with E-state index in [4.69, 9.17) is 10.2 Å². The molecule has 0 aromatic heterocycles. The molecule has 0 amide bonds. The van der Waals surface area contributed by atoms with Gasteiger partial charge in [-0.15, -0.1) is 0 Å². The molecule has 0 bridgehead atoms. The Balaban J connectivity index is 2.09. The van der Waals surface area contributed by atoms with Gasteiger partial charge in [0.25, 0.3) is 0 Å². The molecule has 0 aliphatic rings. The van der Waals surface area contributed by atoms with Crippen molar-refractivity contribution >= 4 is 17.9 Å². The fourth-order valence-electron chi connectivity index (χ4n) is 1.52. The zero-order chi connectivity index (χ0) is 14.5. The number of hydrazone groups is 1. The third-order valence-corrected chi connectivity index (χ3v) is 2.53. The van der Waals surface area contributed by atoms with Gasteiger partial charge in [-0.25, -0.2) is 4.79 Å². The minimum absolute atomic E-state index is 0.166. The molecule has 0 saturated heterocycles. The van der Waals surface area contributed by atoms with Crippen LogP contribution in [0.1, 0.15) is 15.9 Å². The Kier molecular flexibility index (Phi) is 3.85. The summed E-state index contributed by atoms with van der Waals surface area (Å²) in [6, 6.07) is 10.5. The van der Waals surface area contributed by atoms with E-state index in [1.165, 1.54) is 36.5 Å². The highest BCUT2D eigenvalue weighted by molar-refractivity contribution is 5.92. The number of phenols is 2. The van der Waals surface area contributed by atoms with Crippen LogP contribution in [0, 0.1) is 0 Å². The number of nitrogens with one attached hydrogen (secondary N) is 1. The van der Waals surface area contributed by atoms with Crippen molar-refractivity contribution < 1.29 is 20.1 Å². The number of carbonyl (C=O) groups is 1. The summed E-state index contributed by atoms with van der Waals surface area (Å²) in [5, 5.41) is 31.3. The van der Waals surface area contributed by atoms with Crippen molar-refractivity contribution in [2.24, 2.45) is 5.10 Å². The van der Waals surface area contributed by atoms with Crippen LogP contribution in [0.3, 0.4) is 0 Å². The first-order chi connectivity index (χ1) is 9.56. The maximum absolute atomic E-state index is 10.9. The molecule has 0 fully saturated rings. The van der Waals surface area contributed by atoms with Crippen molar-refractivity contribution in [1.82, 2.24) is 0 Å². The second-order valence-corrected chi connectivity index (χ2v) is 4.00. The first-order valence-corrected chi connectivity index (χ1v) is 5.70. The molecule has 102 valence electrons. The van der Waals surface area contributed by atoms with Crippen LogP contribution in [0.2, 0.25) is 0 Å². The highest BCUT2D eigenvalue weighted by Crippen LogP contribution is 2.21. The van der Waals surface area contributed by atoms with Gasteiger partial charge in [-0.1, -0.05) is 0 Å². The van der Waals surface area contributed by atoms with E-state index < -0.39 is 5.97 Å². The number of rotatable bonds is 4. The van der Waals surface area contributed by atoms with Gasteiger partial charge in [0.15, 0.2) is 0 Å². The van der Waals surface area contributed by atoms with Crippen LogP contribution in [0.4, 0.5) is 5.69 Å². The standard InChI is InChI=1S/C14H12N2O4/c17-11-4-1-9(2-5-11)8-15-16-10-3-6-13(18)12(7-10)14(19)20/h1-8,16-18H,(H,19,20). The van der Waals surface area contributed by atoms with Gasteiger partial charge in [0, 0.05) is 0 Å². The molecule has 0 unspecified atom stereocenters. The summed E-state index contributed by atoms with van der Waals surface area (Å²) < 4.78 is 0. The number of aromatic hydroxyl groups is 2. The molecule has 0 radical (unpaired) electrons. The van der Waals surface area contributed by atoms with Crippen LogP contribution in [0.5, 0.6) is 11.5 Å². The lowest BCUT2D eigenvalue weighted by molar-refractivity contribution is 0.0694. The van der Waals surface area contributed by atoms with E-state index >= 15 is 0 Å². The fourth-order valence-corrected chi connectivity index (χ4v) is 1.52. The molecule has 2 aromatic carbocycles. The second-order valence-electron chi connectivity index (χ2n) is 4.00. The zero-order valence-corrected chi connectivity index (χ0v) is 10.3. The van der Waals surface area contributed by atoms with Crippen molar-refractivity contribution in [2.75, 3.05) is 5.43 Å². The Morgan fingerprint density at radius 3 is 2.45 bits per heavy atom. The van der Waals surface area contributed by atoms with Crippen LogP contribution >= 0.6 is 0 Å². The highest BCUT2D eigenvalue weighted by Gasteiger charge is 2.09. The van der Waals surface area contributed by atoms with Crippen molar-refractivity contribution in [2.45, 2.75) is 0 Å². The average Bonchev–Trinajstić information content (AvgIpc) is 2.42. The van der Waals surface area contributed by atoms with Gasteiger partial charge in [-0.05, 0) is 48.0 Å². The van der Waals surface area contributed by atoms with Crippen LogP contribution in [0.25, 0.3) is 0 Å². The van der Waals surface area contributed by atoms with Gasteiger partial charge < -0.3 is 15.3 Å². The smallest absolute Gasteiger partial charge is 0.339 e. The third-order valence-electron chi connectivity index (χ3n) is 2.53. The van der Waals surface area contributed by atoms with Crippen LogP contribution < -0.4 is 5.43 Å². The summed E-state index contributed by atoms with van der Waals surface area (Å²) in [6.45, 7) is 0. The molecular formula is C14H12N2O4. The number of carboxylic acids is 1. The molecule has 0 aliphatic heterocycles. The number of aromatic carboxylic acids is 1. The first-order valence-electron chi connectivity index (χ1n) is 5.70. The Bertz CT molecular complexity index is 651. The zero-order valence-electron chi connectivity index (χ0n) is 10.3. The predicted molar refractivity (Wildman–Crippen MR) is 74.4 cm³/mol. The summed E-state index contributed by atoms with van der Waals surface area (Å²) in [7, 11) is 0. The summed E-state index contributed by atoms with van der Waals surface area (Å²) in [4.78, 5) is 10.9. The molecule has 0 spiro atoms. The normalized spacial score (nSPS) is 10.6. The summed E-state index contributed by atoms with van der Waals surface area (Å²) in [6.07, 6.45) is 1.52. The topological polar surface area (TPSA) is 102 Å². The summed E-state index contributed by atoms with van der Waals surface area (Å²) >= 11 is 0. The van der Waals surface area contributed by atoms with Gasteiger partial charge in [0.05, 0.1) is 11.9 Å². The predicted octanol–water partition coefficient (Wildman–Crippen LogP) is 2.24. The third kappa shape index (κ3) is 3.26. The van der Waals surface area contributed by atoms with Gasteiger partial charge >= 0.3 is 5.97 Å². The Morgan fingerprint density at radius 2 is 1.80 bits per heavy atom. The Labute approximate surface area is 114 Å². The van der Waals surface area contributed by atoms with Gasteiger partial charge in [0.2, 0.25) is 0 Å². The molecule has 0 aliphatic carbocycles. The van der Waals surface area contributed by atoms with Gasteiger partial charge in [-0.2, -0.15) is 5.10 Å². The molecule has 0 saturated carbocycles. The Hall–Kier alpha value is -3.02. The molecule has 2 rings (SSSR count). The lowest BCUT2D eigenvalue weighted by Gasteiger charge is -2.03. The second kappa shape index (κ2) is 5.75. The van der Waals surface area contributed by atoms with Crippen molar-refractivity contribution in [3.05, 3.63) is 53.6 Å². The van der Waals surface area contributed by atoms with E-state index in [0.29, 0.717) is 5.69 Å². The molecule has 0 atom stereocenters. The average molecular weight is 272 g/mol. The van der Waals surface area contributed by atoms with Crippen molar-refractivity contribution in [3.8, 4) is 11.5 Å². The van der Waals surface area contributed by atoms with Crippen LogP contribution in [-0.2, 0) is 0 Å². The number of hydrogen-bond acceptors (Lipinski definition) is 5. The largest absolute Gasteiger partial charge is 0.508 e. The number of hydrogen-bond donors (Lipinski definition) is 4. The molecule has 6 nitrogen and oxygen atoms in total. The quantitative estimate of drug-likeness (QED) is 0.388. The lowest BCUT2D eigenvalue weighted by atomic mass is 10.2. The highest BCUT2D eigenvalue weighted by atomic mass is 16.4. The summed E-state index contributed by atoms with van der Waals surface area (Å²) in [5.41, 5.74) is 3.67. The molecule has 2 aromatic rings. The fraction of sp³-hybridized carbons (Fsp3) is 0. The van der Waals surface area contributed by atoms with Crippen LogP contribution in [0.15, 0.2) is 47.6 Å². The maximum atomic E-state index is 10.9.